The summed E-state index contributed by atoms with van der Waals surface area (Å²) in [6, 6.07) is 7.08. The second kappa shape index (κ2) is 6.65. The molecule has 1 heterocycles. The summed E-state index contributed by atoms with van der Waals surface area (Å²) in [4.78, 5) is 11.5. The molecule has 0 fully saturated rings. The largest absolute Gasteiger partial charge is 0.493 e. The van der Waals surface area contributed by atoms with Crippen LogP contribution in [0.25, 0.3) is 12.2 Å². The maximum absolute atomic E-state index is 11.5. The average molecular weight is 288 g/mol. The van der Waals surface area contributed by atoms with Crippen molar-refractivity contribution >= 4 is 18.1 Å². The topological polar surface area (TPSA) is 57.9 Å². The van der Waals surface area contributed by atoms with Gasteiger partial charge in [0.1, 0.15) is 11.3 Å². The normalized spacial score (nSPS) is 10.6. The van der Waals surface area contributed by atoms with Gasteiger partial charge >= 0.3 is 5.97 Å². The van der Waals surface area contributed by atoms with Crippen LogP contribution in [0.1, 0.15) is 21.7 Å². The molecule has 1 aromatic heterocycles. The molecule has 0 bridgehead atoms. The Hall–Kier alpha value is -2.69. The van der Waals surface area contributed by atoms with Gasteiger partial charge in [-0.05, 0) is 29.8 Å². The minimum Gasteiger partial charge on any atom is -0.493 e. The van der Waals surface area contributed by atoms with E-state index in [1.54, 1.807) is 26.4 Å². The molecule has 0 atom stereocenters. The smallest absolute Gasteiger partial charge is 0.341 e. The summed E-state index contributed by atoms with van der Waals surface area (Å²) in [5.74, 6) is 1.29. The summed E-state index contributed by atoms with van der Waals surface area (Å²) < 4.78 is 20.4. The van der Waals surface area contributed by atoms with Crippen LogP contribution in [0.4, 0.5) is 0 Å². The molecule has 0 saturated heterocycles. The van der Waals surface area contributed by atoms with Gasteiger partial charge in [-0.1, -0.05) is 12.1 Å². The van der Waals surface area contributed by atoms with Crippen molar-refractivity contribution in [3.05, 3.63) is 47.4 Å². The number of ether oxygens (including phenoxy) is 3. The monoisotopic (exact) mass is 288 g/mol. The zero-order chi connectivity index (χ0) is 15.2. The van der Waals surface area contributed by atoms with Crippen molar-refractivity contribution in [3.63, 3.8) is 0 Å². The quantitative estimate of drug-likeness (QED) is 0.790. The van der Waals surface area contributed by atoms with Gasteiger partial charge in [0.15, 0.2) is 11.5 Å². The summed E-state index contributed by atoms with van der Waals surface area (Å²) in [5.41, 5.74) is 1.27. The van der Waals surface area contributed by atoms with Crippen LogP contribution in [0.5, 0.6) is 11.5 Å². The van der Waals surface area contributed by atoms with E-state index in [0.29, 0.717) is 22.8 Å². The van der Waals surface area contributed by atoms with E-state index in [1.807, 2.05) is 24.3 Å². The standard InChI is InChI=1S/C16H16O5/c1-18-14-7-5-11(10-15(14)19-2)4-6-13-12(8-9-21-13)16(17)20-3/h4-10H,1-3H3/b6-4+. The number of hydrogen-bond acceptors (Lipinski definition) is 5. The molecule has 0 spiro atoms. The summed E-state index contributed by atoms with van der Waals surface area (Å²) in [6.45, 7) is 0. The van der Waals surface area contributed by atoms with Crippen molar-refractivity contribution in [2.75, 3.05) is 21.3 Å². The maximum Gasteiger partial charge on any atom is 0.341 e. The molecule has 0 unspecified atom stereocenters. The molecule has 5 heteroatoms. The van der Waals surface area contributed by atoms with Crippen LogP contribution in [0.15, 0.2) is 34.9 Å². The van der Waals surface area contributed by atoms with E-state index in [9.17, 15) is 4.79 Å². The molecular formula is C16H16O5. The fourth-order valence-electron chi connectivity index (χ4n) is 1.86. The number of carbonyl (C=O) groups excluding carboxylic acids is 1. The van der Waals surface area contributed by atoms with Crippen molar-refractivity contribution in [3.8, 4) is 11.5 Å². The fourth-order valence-corrected chi connectivity index (χ4v) is 1.86. The molecule has 0 aliphatic rings. The number of methoxy groups -OCH3 is 3. The number of rotatable bonds is 5. The van der Waals surface area contributed by atoms with Gasteiger partial charge in [-0.15, -0.1) is 0 Å². The highest BCUT2D eigenvalue weighted by atomic mass is 16.5. The molecule has 110 valence electrons. The van der Waals surface area contributed by atoms with E-state index in [-0.39, 0.29) is 0 Å². The predicted molar refractivity (Wildman–Crippen MR) is 78.5 cm³/mol. The maximum atomic E-state index is 11.5. The Labute approximate surface area is 122 Å². The van der Waals surface area contributed by atoms with Gasteiger partial charge in [0.25, 0.3) is 0 Å². The Morgan fingerprint density at radius 1 is 1.05 bits per heavy atom. The van der Waals surface area contributed by atoms with Gasteiger partial charge in [-0.2, -0.15) is 0 Å². The Bertz CT molecular complexity index is 654. The lowest BCUT2D eigenvalue weighted by Crippen LogP contribution is -2.00. The van der Waals surface area contributed by atoms with Crippen molar-refractivity contribution in [1.29, 1.82) is 0 Å². The van der Waals surface area contributed by atoms with E-state index in [2.05, 4.69) is 4.74 Å². The number of benzene rings is 1. The summed E-state index contributed by atoms with van der Waals surface area (Å²) in [5, 5.41) is 0. The van der Waals surface area contributed by atoms with Gasteiger partial charge < -0.3 is 18.6 Å². The molecule has 0 N–H and O–H groups in total. The molecule has 0 saturated carbocycles. The van der Waals surface area contributed by atoms with Crippen molar-refractivity contribution in [2.45, 2.75) is 0 Å². The first-order valence-electron chi connectivity index (χ1n) is 6.25. The molecule has 21 heavy (non-hydrogen) atoms. The third-order valence-electron chi connectivity index (χ3n) is 2.94. The van der Waals surface area contributed by atoms with Crippen molar-refractivity contribution < 1.29 is 23.4 Å². The Morgan fingerprint density at radius 3 is 2.48 bits per heavy atom. The lowest BCUT2D eigenvalue weighted by atomic mass is 10.1. The van der Waals surface area contributed by atoms with Gasteiger partial charge in [0, 0.05) is 0 Å². The molecule has 5 nitrogen and oxygen atoms in total. The molecule has 0 radical (unpaired) electrons. The zero-order valence-corrected chi connectivity index (χ0v) is 12.1. The van der Waals surface area contributed by atoms with E-state index in [4.69, 9.17) is 13.9 Å². The number of esters is 1. The summed E-state index contributed by atoms with van der Waals surface area (Å²) >= 11 is 0. The van der Waals surface area contributed by atoms with Crippen LogP contribution in [-0.4, -0.2) is 27.3 Å². The highest BCUT2D eigenvalue weighted by molar-refractivity contribution is 5.93. The molecule has 2 rings (SSSR count). The van der Waals surface area contributed by atoms with Gasteiger partial charge in [-0.25, -0.2) is 4.79 Å². The summed E-state index contributed by atoms with van der Waals surface area (Å²) in [6.07, 6.45) is 4.96. The average Bonchev–Trinajstić information content (AvgIpc) is 3.00. The minimum absolute atomic E-state index is 0.384. The van der Waals surface area contributed by atoms with Crippen LogP contribution in [0.2, 0.25) is 0 Å². The lowest BCUT2D eigenvalue weighted by molar-refractivity contribution is 0.0599. The van der Waals surface area contributed by atoms with Crippen molar-refractivity contribution in [1.82, 2.24) is 0 Å². The Morgan fingerprint density at radius 2 is 1.81 bits per heavy atom. The first kappa shape index (κ1) is 14.7. The molecule has 0 amide bonds. The zero-order valence-electron chi connectivity index (χ0n) is 12.1. The Kier molecular flexibility index (Phi) is 4.66. The van der Waals surface area contributed by atoms with E-state index < -0.39 is 5.97 Å². The third-order valence-corrected chi connectivity index (χ3v) is 2.94. The summed E-state index contributed by atoms with van der Waals surface area (Å²) in [7, 11) is 4.49. The number of furan rings is 1. The second-order valence-electron chi connectivity index (χ2n) is 4.14. The van der Waals surface area contributed by atoms with Crippen LogP contribution in [-0.2, 0) is 4.74 Å². The van der Waals surface area contributed by atoms with Crippen molar-refractivity contribution in [2.24, 2.45) is 0 Å². The minimum atomic E-state index is -0.435. The molecular weight excluding hydrogens is 272 g/mol. The molecule has 2 aromatic rings. The van der Waals surface area contributed by atoms with Crippen LogP contribution >= 0.6 is 0 Å². The number of hydrogen-bond donors (Lipinski definition) is 0. The van der Waals surface area contributed by atoms with Gasteiger partial charge in [0.2, 0.25) is 0 Å². The second-order valence-corrected chi connectivity index (χ2v) is 4.14. The highest BCUT2D eigenvalue weighted by Gasteiger charge is 2.12. The number of carbonyl (C=O) groups is 1. The van der Waals surface area contributed by atoms with Gasteiger partial charge in [0.05, 0.1) is 27.6 Å². The molecule has 0 aliphatic carbocycles. The predicted octanol–water partition coefficient (Wildman–Crippen LogP) is 3.25. The van der Waals surface area contributed by atoms with Crippen LogP contribution < -0.4 is 9.47 Å². The Balaban J connectivity index is 2.26. The third kappa shape index (κ3) is 3.25. The van der Waals surface area contributed by atoms with E-state index >= 15 is 0 Å². The first-order chi connectivity index (χ1) is 10.2. The fraction of sp³-hybridized carbons (Fsp3) is 0.188. The highest BCUT2D eigenvalue weighted by Crippen LogP contribution is 2.28. The first-order valence-corrected chi connectivity index (χ1v) is 6.25. The lowest BCUT2D eigenvalue weighted by Gasteiger charge is -2.07. The van der Waals surface area contributed by atoms with E-state index in [0.717, 1.165) is 5.56 Å². The molecule has 1 aromatic carbocycles. The van der Waals surface area contributed by atoms with Crippen LogP contribution in [0, 0.1) is 0 Å². The van der Waals surface area contributed by atoms with Crippen LogP contribution in [0.3, 0.4) is 0 Å². The van der Waals surface area contributed by atoms with Gasteiger partial charge in [-0.3, -0.25) is 0 Å². The van der Waals surface area contributed by atoms with E-state index in [1.165, 1.54) is 13.4 Å². The molecule has 0 aliphatic heterocycles. The SMILES string of the molecule is COC(=O)c1ccoc1/C=C/c1ccc(OC)c(OC)c1.